The summed E-state index contributed by atoms with van der Waals surface area (Å²) >= 11 is 3.18. The molecule has 0 amide bonds. The second-order valence-corrected chi connectivity index (χ2v) is 5.57. The molecule has 0 aliphatic rings. The fourth-order valence-corrected chi connectivity index (χ4v) is 1.58. The van der Waals surface area contributed by atoms with E-state index >= 15 is 0 Å². The fraction of sp³-hybridized carbons (Fsp3) is 0.500. The summed E-state index contributed by atoms with van der Waals surface area (Å²) in [6.07, 6.45) is -4.38. The molecule has 0 radical (unpaired) electrons. The predicted molar refractivity (Wildman–Crippen MR) is 68.5 cm³/mol. The van der Waals surface area contributed by atoms with E-state index in [1.54, 1.807) is 20.8 Å². The van der Waals surface area contributed by atoms with Gasteiger partial charge < -0.3 is 10.4 Å². The first-order valence-corrected chi connectivity index (χ1v) is 6.17. The Morgan fingerprint density at radius 2 is 1.83 bits per heavy atom. The molecule has 0 fully saturated rings. The van der Waals surface area contributed by atoms with Gasteiger partial charge in [0.15, 0.2) is 0 Å². The minimum absolute atomic E-state index is 0.305. The average molecular weight is 326 g/mol. The van der Waals surface area contributed by atoms with E-state index in [0.29, 0.717) is 10.2 Å². The Bertz CT molecular complexity index is 426. The van der Waals surface area contributed by atoms with Gasteiger partial charge in [-0.05, 0) is 54.9 Å². The lowest BCUT2D eigenvalue weighted by atomic mass is 10.0. The van der Waals surface area contributed by atoms with E-state index in [2.05, 4.69) is 21.2 Å². The van der Waals surface area contributed by atoms with Gasteiger partial charge in [-0.1, -0.05) is 0 Å². The van der Waals surface area contributed by atoms with Crippen LogP contribution in [0.5, 0.6) is 0 Å². The molecule has 18 heavy (non-hydrogen) atoms. The Labute approximate surface area is 112 Å². The highest BCUT2D eigenvalue weighted by Gasteiger charge is 2.31. The predicted octanol–water partition coefficient (Wildman–Crippen LogP) is 4.04. The molecular formula is C12H15BrF3NO. The zero-order chi connectivity index (χ0) is 14.1. The Kier molecular flexibility index (Phi) is 4.33. The summed E-state index contributed by atoms with van der Waals surface area (Å²) in [5.41, 5.74) is -1.45. The largest absolute Gasteiger partial charge is 0.416 e. The van der Waals surface area contributed by atoms with Crippen LogP contribution < -0.4 is 5.32 Å². The second kappa shape index (κ2) is 5.09. The van der Waals surface area contributed by atoms with Crippen molar-refractivity contribution in [1.82, 2.24) is 0 Å². The molecule has 0 bridgehead atoms. The summed E-state index contributed by atoms with van der Waals surface area (Å²) in [6, 6.07) is 2.97. The third-order valence-corrected chi connectivity index (χ3v) is 3.42. The standard InChI is InChI=1S/C12H15BrF3NO/c1-7(11(2,3)18)17-10-6-8(12(14,15)16)4-5-9(10)13/h4-7,17-18H,1-3H3. The third kappa shape index (κ3) is 3.88. The van der Waals surface area contributed by atoms with Crippen molar-refractivity contribution in [3.8, 4) is 0 Å². The van der Waals surface area contributed by atoms with Gasteiger partial charge in [0.1, 0.15) is 0 Å². The van der Waals surface area contributed by atoms with Crippen LogP contribution in [0.1, 0.15) is 26.3 Å². The summed E-state index contributed by atoms with van der Waals surface area (Å²) in [5.74, 6) is 0. The van der Waals surface area contributed by atoms with E-state index in [9.17, 15) is 18.3 Å². The molecule has 0 spiro atoms. The number of benzene rings is 1. The SMILES string of the molecule is CC(Nc1cc(C(F)(F)F)ccc1Br)C(C)(C)O. The van der Waals surface area contributed by atoms with Gasteiger partial charge in [-0.25, -0.2) is 0 Å². The normalized spacial score (nSPS) is 14.4. The highest BCUT2D eigenvalue weighted by atomic mass is 79.9. The van der Waals surface area contributed by atoms with Gasteiger partial charge in [-0.15, -0.1) is 0 Å². The molecule has 2 N–H and O–H groups in total. The van der Waals surface area contributed by atoms with Crippen molar-refractivity contribution < 1.29 is 18.3 Å². The van der Waals surface area contributed by atoms with Gasteiger partial charge in [0.25, 0.3) is 0 Å². The molecule has 1 aromatic rings. The topological polar surface area (TPSA) is 32.3 Å². The number of rotatable bonds is 3. The van der Waals surface area contributed by atoms with Crippen molar-refractivity contribution in [3.63, 3.8) is 0 Å². The molecule has 102 valence electrons. The first-order chi connectivity index (χ1) is 8.01. The summed E-state index contributed by atoms with van der Waals surface area (Å²) < 4.78 is 38.3. The van der Waals surface area contributed by atoms with Crippen LogP contribution in [-0.4, -0.2) is 16.7 Å². The number of hydrogen-bond donors (Lipinski definition) is 2. The number of alkyl halides is 3. The monoisotopic (exact) mass is 325 g/mol. The highest BCUT2D eigenvalue weighted by molar-refractivity contribution is 9.10. The summed E-state index contributed by atoms with van der Waals surface area (Å²) in [4.78, 5) is 0. The van der Waals surface area contributed by atoms with E-state index in [1.165, 1.54) is 6.07 Å². The molecule has 2 nitrogen and oxygen atoms in total. The van der Waals surface area contributed by atoms with Crippen LogP contribution in [0.2, 0.25) is 0 Å². The van der Waals surface area contributed by atoms with E-state index in [0.717, 1.165) is 12.1 Å². The van der Waals surface area contributed by atoms with Crippen LogP contribution in [0.3, 0.4) is 0 Å². The van der Waals surface area contributed by atoms with Crippen molar-refractivity contribution in [2.75, 3.05) is 5.32 Å². The molecule has 0 heterocycles. The van der Waals surface area contributed by atoms with Gasteiger partial charge in [0.05, 0.1) is 17.2 Å². The Hall–Kier alpha value is -0.750. The average Bonchev–Trinajstić information content (AvgIpc) is 2.18. The van der Waals surface area contributed by atoms with E-state index in [1.807, 2.05) is 0 Å². The maximum atomic E-state index is 12.6. The zero-order valence-electron chi connectivity index (χ0n) is 10.3. The molecule has 1 rings (SSSR count). The van der Waals surface area contributed by atoms with Crippen LogP contribution in [0, 0.1) is 0 Å². The smallest absolute Gasteiger partial charge is 0.388 e. The lowest BCUT2D eigenvalue weighted by molar-refractivity contribution is -0.137. The maximum absolute atomic E-state index is 12.6. The Morgan fingerprint density at radius 3 is 2.28 bits per heavy atom. The van der Waals surface area contributed by atoms with Crippen molar-refractivity contribution in [3.05, 3.63) is 28.2 Å². The van der Waals surface area contributed by atoms with E-state index in [4.69, 9.17) is 0 Å². The van der Waals surface area contributed by atoms with Gasteiger partial charge in [-0.2, -0.15) is 13.2 Å². The van der Waals surface area contributed by atoms with Crippen LogP contribution in [-0.2, 0) is 6.18 Å². The van der Waals surface area contributed by atoms with Gasteiger partial charge in [0.2, 0.25) is 0 Å². The molecule has 0 aliphatic carbocycles. The Balaban J connectivity index is 3.03. The van der Waals surface area contributed by atoms with Crippen LogP contribution in [0.25, 0.3) is 0 Å². The number of hydrogen-bond acceptors (Lipinski definition) is 2. The van der Waals surface area contributed by atoms with Crippen molar-refractivity contribution in [2.45, 2.75) is 38.6 Å². The highest BCUT2D eigenvalue weighted by Crippen LogP contribution is 2.34. The zero-order valence-corrected chi connectivity index (χ0v) is 11.9. The first kappa shape index (κ1) is 15.3. The lowest BCUT2D eigenvalue weighted by Crippen LogP contribution is -2.39. The number of anilines is 1. The Morgan fingerprint density at radius 1 is 1.28 bits per heavy atom. The first-order valence-electron chi connectivity index (χ1n) is 5.37. The summed E-state index contributed by atoms with van der Waals surface area (Å²) in [5, 5.41) is 12.6. The molecular weight excluding hydrogens is 311 g/mol. The van der Waals surface area contributed by atoms with Gasteiger partial charge in [-0.3, -0.25) is 0 Å². The van der Waals surface area contributed by atoms with Crippen molar-refractivity contribution in [1.29, 1.82) is 0 Å². The molecule has 1 aromatic carbocycles. The van der Waals surface area contributed by atoms with E-state index in [-0.39, 0.29) is 0 Å². The molecule has 0 aromatic heterocycles. The van der Waals surface area contributed by atoms with Crippen LogP contribution >= 0.6 is 15.9 Å². The minimum Gasteiger partial charge on any atom is -0.388 e. The number of aliphatic hydroxyl groups is 1. The lowest BCUT2D eigenvalue weighted by Gasteiger charge is -2.28. The van der Waals surface area contributed by atoms with Crippen LogP contribution in [0.4, 0.5) is 18.9 Å². The summed E-state index contributed by atoms with van der Waals surface area (Å²) in [6.45, 7) is 4.88. The third-order valence-electron chi connectivity index (χ3n) is 2.73. The number of halogens is 4. The van der Waals surface area contributed by atoms with Gasteiger partial charge >= 0.3 is 6.18 Å². The molecule has 1 atom stereocenters. The quantitative estimate of drug-likeness (QED) is 0.879. The molecule has 0 saturated heterocycles. The van der Waals surface area contributed by atoms with Crippen molar-refractivity contribution >= 4 is 21.6 Å². The summed E-state index contributed by atoms with van der Waals surface area (Å²) in [7, 11) is 0. The molecule has 1 unspecified atom stereocenters. The second-order valence-electron chi connectivity index (χ2n) is 4.71. The fourth-order valence-electron chi connectivity index (χ4n) is 1.22. The van der Waals surface area contributed by atoms with Gasteiger partial charge in [0, 0.05) is 10.2 Å². The van der Waals surface area contributed by atoms with E-state index < -0.39 is 23.4 Å². The molecule has 6 heteroatoms. The maximum Gasteiger partial charge on any atom is 0.416 e. The van der Waals surface area contributed by atoms with Crippen LogP contribution in [0.15, 0.2) is 22.7 Å². The molecule has 0 saturated carbocycles. The van der Waals surface area contributed by atoms with Crippen molar-refractivity contribution in [2.24, 2.45) is 0 Å². The molecule has 0 aliphatic heterocycles. The number of nitrogens with one attached hydrogen (secondary N) is 1. The minimum atomic E-state index is -4.38.